The molecular formula is C8H18O6Sr. The van der Waals surface area contributed by atoms with Crippen molar-refractivity contribution < 1.29 is 29.2 Å². The number of rotatable bonds is 4. The Morgan fingerprint density at radius 1 is 0.667 bits per heavy atom. The number of hydrogen-bond donors (Lipinski definition) is 0. The van der Waals surface area contributed by atoms with Crippen LogP contribution in [0.3, 0.4) is 0 Å². The van der Waals surface area contributed by atoms with Crippen LogP contribution in [0.4, 0.5) is 0 Å². The summed E-state index contributed by atoms with van der Waals surface area (Å²) in [5.74, 6) is -3.33. The smallest absolute Gasteiger partial charge is 0.807 e. The Morgan fingerprint density at radius 2 is 0.800 bits per heavy atom. The summed E-state index contributed by atoms with van der Waals surface area (Å²) in [5, 5.41) is 20.8. The van der Waals surface area contributed by atoms with E-state index in [1.165, 1.54) is 42.3 Å². The molecule has 0 aromatic heterocycles. The van der Waals surface area contributed by atoms with Gasteiger partial charge in [-0.3, -0.25) is 0 Å². The van der Waals surface area contributed by atoms with Gasteiger partial charge in [0.15, 0.2) is 0 Å². The van der Waals surface area contributed by atoms with Crippen LogP contribution in [0.1, 0.15) is 13.8 Å². The summed E-state index contributed by atoms with van der Waals surface area (Å²) in [5.41, 5.74) is 0. The molecule has 0 aromatic carbocycles. The molecule has 0 aliphatic carbocycles. The maximum Gasteiger partial charge on any atom is 2.00 e. The van der Waals surface area contributed by atoms with Crippen molar-refractivity contribution in [1.82, 2.24) is 0 Å². The number of ether oxygens (including phenoxy) is 4. The zero-order valence-electron chi connectivity index (χ0n) is 10.2. The molecule has 0 bridgehead atoms. The fraction of sp³-hybridized carbons (Fsp3) is 1.00. The topological polar surface area (TPSA) is 83.0 Å². The molecule has 0 rings (SSSR count). The van der Waals surface area contributed by atoms with Gasteiger partial charge in [0.05, 0.1) is 11.9 Å². The predicted octanol–water partition coefficient (Wildman–Crippen LogP) is -1.75. The molecule has 88 valence electrons. The van der Waals surface area contributed by atoms with Crippen LogP contribution >= 0.6 is 0 Å². The van der Waals surface area contributed by atoms with Gasteiger partial charge in [0, 0.05) is 28.4 Å². The van der Waals surface area contributed by atoms with Crippen molar-refractivity contribution in [3.8, 4) is 0 Å². The van der Waals surface area contributed by atoms with Crippen molar-refractivity contribution >= 4 is 45.5 Å². The summed E-state index contributed by atoms with van der Waals surface area (Å²) >= 11 is 0. The molecule has 0 aliphatic heterocycles. The van der Waals surface area contributed by atoms with Crippen LogP contribution in [0.2, 0.25) is 0 Å². The summed E-state index contributed by atoms with van der Waals surface area (Å²) in [6.45, 7) is 2.60. The van der Waals surface area contributed by atoms with Gasteiger partial charge < -0.3 is 29.2 Å². The number of methoxy groups -OCH3 is 4. The van der Waals surface area contributed by atoms with Crippen LogP contribution in [0.15, 0.2) is 0 Å². The maximum atomic E-state index is 10.4. The van der Waals surface area contributed by atoms with Gasteiger partial charge in [-0.15, -0.1) is 0 Å². The SMILES string of the molecule is COC(C)([O-])OC.COC(C)([O-])OC.[Sr+2]. The third-order valence-electron chi connectivity index (χ3n) is 1.48. The fourth-order valence-corrected chi connectivity index (χ4v) is 0.167. The molecule has 0 spiro atoms. The Balaban J connectivity index is -0.000000180. The zero-order valence-corrected chi connectivity index (χ0v) is 13.6. The molecule has 0 fully saturated rings. The molecule has 0 unspecified atom stereocenters. The van der Waals surface area contributed by atoms with Gasteiger partial charge in [-0.05, 0) is 13.8 Å². The van der Waals surface area contributed by atoms with Crippen LogP contribution in [-0.4, -0.2) is 85.9 Å². The summed E-state index contributed by atoms with van der Waals surface area (Å²) in [6.07, 6.45) is 0. The van der Waals surface area contributed by atoms with Crippen molar-refractivity contribution in [2.24, 2.45) is 0 Å². The molecule has 15 heavy (non-hydrogen) atoms. The molecule has 6 nitrogen and oxygen atoms in total. The van der Waals surface area contributed by atoms with Gasteiger partial charge >= 0.3 is 45.5 Å². The van der Waals surface area contributed by atoms with Crippen LogP contribution in [0.5, 0.6) is 0 Å². The Hall–Kier alpha value is 1.24. The second kappa shape index (κ2) is 10.4. The van der Waals surface area contributed by atoms with E-state index in [0.717, 1.165) is 0 Å². The predicted molar refractivity (Wildman–Crippen MR) is 50.6 cm³/mol. The molecule has 0 saturated carbocycles. The summed E-state index contributed by atoms with van der Waals surface area (Å²) in [7, 11) is 5.21. The molecule has 0 heterocycles. The van der Waals surface area contributed by atoms with E-state index in [-0.39, 0.29) is 45.5 Å². The van der Waals surface area contributed by atoms with E-state index in [2.05, 4.69) is 18.9 Å². The first-order chi connectivity index (χ1) is 6.24. The molecule has 0 N–H and O–H groups in total. The van der Waals surface area contributed by atoms with Crippen molar-refractivity contribution in [3.63, 3.8) is 0 Å². The second-order valence-electron chi connectivity index (χ2n) is 2.54. The molecule has 0 saturated heterocycles. The van der Waals surface area contributed by atoms with E-state index >= 15 is 0 Å². The molecular weight excluding hydrogens is 280 g/mol. The normalized spacial score (nSPS) is 11.2. The van der Waals surface area contributed by atoms with E-state index < -0.39 is 11.9 Å². The summed E-state index contributed by atoms with van der Waals surface area (Å²) < 4.78 is 17.2. The molecule has 0 atom stereocenters. The van der Waals surface area contributed by atoms with E-state index in [0.29, 0.717) is 0 Å². The molecule has 0 amide bonds. The van der Waals surface area contributed by atoms with Crippen molar-refractivity contribution in [3.05, 3.63) is 0 Å². The van der Waals surface area contributed by atoms with E-state index in [1.807, 2.05) is 0 Å². The first-order valence-corrected chi connectivity index (χ1v) is 3.86. The zero-order chi connectivity index (χ0) is 11.8. The Labute approximate surface area is 128 Å². The quantitative estimate of drug-likeness (QED) is 0.452. The van der Waals surface area contributed by atoms with Crippen LogP contribution < -0.4 is 10.2 Å². The minimum atomic E-state index is -1.67. The first kappa shape index (κ1) is 21.5. The average molecular weight is 298 g/mol. The third-order valence-corrected chi connectivity index (χ3v) is 1.48. The van der Waals surface area contributed by atoms with Gasteiger partial charge in [-0.2, -0.15) is 0 Å². The molecule has 0 aliphatic rings. The van der Waals surface area contributed by atoms with Gasteiger partial charge in [0.25, 0.3) is 0 Å². The first-order valence-electron chi connectivity index (χ1n) is 3.86. The minimum absolute atomic E-state index is 0. The number of hydrogen-bond acceptors (Lipinski definition) is 6. The van der Waals surface area contributed by atoms with Gasteiger partial charge in [0.2, 0.25) is 0 Å². The fourth-order valence-electron chi connectivity index (χ4n) is 0.167. The van der Waals surface area contributed by atoms with Crippen molar-refractivity contribution in [1.29, 1.82) is 0 Å². The minimum Gasteiger partial charge on any atom is -0.807 e. The summed E-state index contributed by atoms with van der Waals surface area (Å²) in [4.78, 5) is 0. The van der Waals surface area contributed by atoms with Crippen LogP contribution in [0, 0.1) is 0 Å². The third kappa shape index (κ3) is 15.2. The van der Waals surface area contributed by atoms with Gasteiger partial charge in [-0.25, -0.2) is 0 Å². The van der Waals surface area contributed by atoms with Crippen molar-refractivity contribution in [2.45, 2.75) is 25.8 Å². The average Bonchev–Trinajstić information content (AvgIpc) is 2.19. The van der Waals surface area contributed by atoms with E-state index in [9.17, 15) is 10.2 Å². The largest absolute Gasteiger partial charge is 2.00 e. The molecule has 0 radical (unpaired) electrons. The maximum absolute atomic E-state index is 10.4. The van der Waals surface area contributed by atoms with Gasteiger partial charge in [0.1, 0.15) is 0 Å². The Bertz CT molecular complexity index is 111. The standard InChI is InChI=1S/2C4H9O3.Sr/c2*1-4(5,6-2)7-3;/h2*1-3H3;/q2*-1;+2. The Kier molecular flexibility index (Phi) is 14.9. The summed E-state index contributed by atoms with van der Waals surface area (Å²) in [6, 6.07) is 0. The van der Waals surface area contributed by atoms with Crippen LogP contribution in [0.25, 0.3) is 0 Å². The van der Waals surface area contributed by atoms with Gasteiger partial charge in [-0.1, -0.05) is 0 Å². The second-order valence-corrected chi connectivity index (χ2v) is 2.54. The van der Waals surface area contributed by atoms with E-state index in [4.69, 9.17) is 0 Å². The molecule has 0 aromatic rings. The monoisotopic (exact) mass is 298 g/mol. The van der Waals surface area contributed by atoms with Crippen molar-refractivity contribution in [2.75, 3.05) is 28.4 Å². The van der Waals surface area contributed by atoms with Crippen LogP contribution in [-0.2, 0) is 18.9 Å². The Morgan fingerprint density at radius 3 is 0.800 bits per heavy atom. The molecule has 7 heteroatoms. The van der Waals surface area contributed by atoms with E-state index in [1.54, 1.807) is 0 Å².